The molecular weight excluding hydrogens is 349 g/mol. The van der Waals surface area contributed by atoms with Crippen molar-refractivity contribution in [1.29, 1.82) is 0 Å². The lowest BCUT2D eigenvalue weighted by Gasteiger charge is -2.36. The Labute approximate surface area is 155 Å². The molecule has 0 radical (unpaired) electrons. The summed E-state index contributed by atoms with van der Waals surface area (Å²) in [6.45, 7) is 7.50. The van der Waals surface area contributed by atoms with Gasteiger partial charge in [0.1, 0.15) is 11.5 Å². The van der Waals surface area contributed by atoms with E-state index in [-0.39, 0.29) is 30.9 Å². The number of hydrogen-bond acceptors (Lipinski definition) is 5. The van der Waals surface area contributed by atoms with Gasteiger partial charge in [-0.25, -0.2) is 4.98 Å². The molecule has 0 bridgehead atoms. The van der Waals surface area contributed by atoms with Crippen molar-refractivity contribution in [3.63, 3.8) is 0 Å². The third kappa shape index (κ3) is 4.42. The molecule has 1 aromatic carbocycles. The maximum atomic E-state index is 5.75. The van der Waals surface area contributed by atoms with Crippen LogP contribution in [0.2, 0.25) is 0 Å². The van der Waals surface area contributed by atoms with Crippen molar-refractivity contribution in [3.05, 3.63) is 47.2 Å². The largest absolute Gasteiger partial charge is 0.496 e. The molecule has 1 aliphatic heterocycles. The van der Waals surface area contributed by atoms with E-state index in [1.54, 1.807) is 7.11 Å². The van der Waals surface area contributed by atoms with Crippen LogP contribution in [-0.2, 0) is 6.54 Å². The number of para-hydroxylation sites is 1. The topological polar surface area (TPSA) is 50.5 Å². The predicted molar refractivity (Wildman–Crippen MR) is 99.5 cm³/mol. The zero-order valence-electron chi connectivity index (χ0n) is 14.2. The Hall–Kier alpha value is -1.27. The molecule has 0 saturated carbocycles. The van der Waals surface area contributed by atoms with Crippen LogP contribution in [-0.4, -0.2) is 36.6 Å². The maximum Gasteiger partial charge on any atom is 0.208 e. The number of nitrogens with zero attached hydrogens (tertiary/aromatic N) is 2. The minimum absolute atomic E-state index is 0. The predicted octanol–water partition coefficient (Wildman–Crippen LogP) is 3.29. The minimum atomic E-state index is 0. The highest BCUT2D eigenvalue weighted by molar-refractivity contribution is 5.85. The number of ether oxygens (including phenoxy) is 1. The van der Waals surface area contributed by atoms with E-state index in [4.69, 9.17) is 9.15 Å². The number of halogens is 2. The summed E-state index contributed by atoms with van der Waals surface area (Å²) in [5.74, 6) is 2.62. The van der Waals surface area contributed by atoms with Crippen LogP contribution in [0.15, 0.2) is 28.7 Å². The molecule has 3 rings (SSSR count). The number of hydrogen-bond donors (Lipinski definition) is 1. The van der Waals surface area contributed by atoms with Crippen LogP contribution in [0.5, 0.6) is 5.75 Å². The SMILES string of the molecule is COc1ccccc1C1CNCCN1Cc1nc(C)c(C)o1.Cl.Cl. The molecule has 2 heterocycles. The number of rotatable bonds is 4. The Morgan fingerprint density at radius 2 is 2.04 bits per heavy atom. The van der Waals surface area contributed by atoms with Crippen LogP contribution in [0, 0.1) is 13.8 Å². The maximum absolute atomic E-state index is 5.75. The van der Waals surface area contributed by atoms with Crippen molar-refractivity contribution >= 4 is 24.8 Å². The molecule has 0 amide bonds. The van der Waals surface area contributed by atoms with E-state index in [2.05, 4.69) is 27.3 Å². The number of aromatic nitrogens is 1. The summed E-state index contributed by atoms with van der Waals surface area (Å²) in [5.41, 5.74) is 2.18. The minimum Gasteiger partial charge on any atom is -0.496 e. The average molecular weight is 374 g/mol. The zero-order valence-corrected chi connectivity index (χ0v) is 15.9. The molecular formula is C17H25Cl2N3O2. The fraction of sp³-hybridized carbons (Fsp3) is 0.471. The van der Waals surface area contributed by atoms with Crippen molar-refractivity contribution in [2.24, 2.45) is 0 Å². The van der Waals surface area contributed by atoms with Crippen LogP contribution < -0.4 is 10.1 Å². The first-order valence-corrected chi connectivity index (χ1v) is 7.69. The second-order valence-electron chi connectivity index (χ2n) is 5.68. The number of methoxy groups -OCH3 is 1. The van der Waals surface area contributed by atoms with Gasteiger partial charge in [0, 0.05) is 25.2 Å². The molecule has 1 N–H and O–H groups in total. The van der Waals surface area contributed by atoms with Gasteiger partial charge in [0.25, 0.3) is 0 Å². The normalized spacial score (nSPS) is 17.7. The Kier molecular flexibility index (Phi) is 8.03. The fourth-order valence-electron chi connectivity index (χ4n) is 2.96. The standard InChI is InChI=1S/C17H23N3O2.2ClH/c1-12-13(2)22-17(19-12)11-20-9-8-18-10-15(20)14-6-4-5-7-16(14)21-3;;/h4-7,15,18H,8-11H2,1-3H3;2*1H. The van der Waals surface area contributed by atoms with Crippen molar-refractivity contribution in [3.8, 4) is 5.75 Å². The van der Waals surface area contributed by atoms with Gasteiger partial charge in [0.15, 0.2) is 0 Å². The quantitative estimate of drug-likeness (QED) is 0.890. The molecule has 5 nitrogen and oxygen atoms in total. The number of piperazine rings is 1. The molecule has 2 aromatic rings. The summed E-state index contributed by atoms with van der Waals surface area (Å²) in [6.07, 6.45) is 0. The fourth-order valence-corrected chi connectivity index (χ4v) is 2.96. The van der Waals surface area contributed by atoms with Gasteiger partial charge >= 0.3 is 0 Å². The number of oxazole rings is 1. The van der Waals surface area contributed by atoms with Crippen LogP contribution in [0.3, 0.4) is 0 Å². The van der Waals surface area contributed by atoms with Crippen molar-refractivity contribution < 1.29 is 9.15 Å². The second-order valence-corrected chi connectivity index (χ2v) is 5.68. The molecule has 1 atom stereocenters. The summed E-state index contributed by atoms with van der Waals surface area (Å²) in [5, 5.41) is 3.47. The summed E-state index contributed by atoms with van der Waals surface area (Å²) in [6, 6.07) is 8.47. The number of benzene rings is 1. The van der Waals surface area contributed by atoms with Gasteiger partial charge in [-0.1, -0.05) is 18.2 Å². The van der Waals surface area contributed by atoms with Crippen LogP contribution in [0.1, 0.15) is 29.0 Å². The Balaban J connectivity index is 0.00000144. The monoisotopic (exact) mass is 373 g/mol. The van der Waals surface area contributed by atoms with Gasteiger partial charge in [0.2, 0.25) is 5.89 Å². The van der Waals surface area contributed by atoms with E-state index in [9.17, 15) is 0 Å². The van der Waals surface area contributed by atoms with Gasteiger partial charge < -0.3 is 14.5 Å². The Morgan fingerprint density at radius 3 is 2.71 bits per heavy atom. The Morgan fingerprint density at radius 1 is 1.29 bits per heavy atom. The lowest BCUT2D eigenvalue weighted by molar-refractivity contribution is 0.137. The molecule has 1 unspecified atom stereocenters. The molecule has 134 valence electrons. The number of nitrogens with one attached hydrogen (secondary N) is 1. The van der Waals surface area contributed by atoms with Gasteiger partial charge in [0.05, 0.1) is 25.4 Å². The molecule has 0 spiro atoms. The lowest BCUT2D eigenvalue weighted by atomic mass is 10.0. The third-order valence-corrected chi connectivity index (χ3v) is 4.26. The summed E-state index contributed by atoms with van der Waals surface area (Å²) in [4.78, 5) is 6.92. The van der Waals surface area contributed by atoms with Gasteiger partial charge in [-0.2, -0.15) is 0 Å². The van der Waals surface area contributed by atoms with E-state index in [1.807, 2.05) is 26.0 Å². The third-order valence-electron chi connectivity index (χ3n) is 4.26. The molecule has 7 heteroatoms. The van der Waals surface area contributed by atoms with Gasteiger partial charge in [-0.3, -0.25) is 4.90 Å². The van der Waals surface area contributed by atoms with Gasteiger partial charge in [-0.05, 0) is 19.9 Å². The van der Waals surface area contributed by atoms with E-state index in [1.165, 1.54) is 5.56 Å². The van der Waals surface area contributed by atoms with Crippen molar-refractivity contribution in [2.75, 3.05) is 26.7 Å². The smallest absolute Gasteiger partial charge is 0.208 e. The van der Waals surface area contributed by atoms with E-state index >= 15 is 0 Å². The summed E-state index contributed by atoms with van der Waals surface area (Å²) < 4.78 is 11.3. The highest BCUT2D eigenvalue weighted by Crippen LogP contribution is 2.31. The first-order valence-electron chi connectivity index (χ1n) is 7.69. The first-order chi connectivity index (χ1) is 10.7. The highest BCUT2D eigenvalue weighted by Gasteiger charge is 2.27. The Bertz CT molecular complexity index is 629. The molecule has 1 fully saturated rings. The highest BCUT2D eigenvalue weighted by atomic mass is 35.5. The molecule has 24 heavy (non-hydrogen) atoms. The van der Waals surface area contributed by atoms with E-state index < -0.39 is 0 Å². The lowest BCUT2D eigenvalue weighted by Crippen LogP contribution is -2.45. The summed E-state index contributed by atoms with van der Waals surface area (Å²) in [7, 11) is 1.72. The zero-order chi connectivity index (χ0) is 15.5. The van der Waals surface area contributed by atoms with Crippen LogP contribution in [0.25, 0.3) is 0 Å². The van der Waals surface area contributed by atoms with E-state index in [0.29, 0.717) is 0 Å². The second kappa shape index (κ2) is 9.28. The average Bonchev–Trinajstić information content (AvgIpc) is 2.86. The molecule has 1 saturated heterocycles. The van der Waals surface area contributed by atoms with E-state index in [0.717, 1.165) is 49.3 Å². The van der Waals surface area contributed by atoms with Crippen molar-refractivity contribution in [1.82, 2.24) is 15.2 Å². The number of aryl methyl sites for hydroxylation is 2. The van der Waals surface area contributed by atoms with Gasteiger partial charge in [-0.15, -0.1) is 24.8 Å². The first kappa shape index (κ1) is 20.8. The molecule has 1 aromatic heterocycles. The van der Waals surface area contributed by atoms with Crippen LogP contribution in [0.4, 0.5) is 0 Å². The summed E-state index contributed by atoms with van der Waals surface area (Å²) >= 11 is 0. The molecule has 0 aliphatic carbocycles. The van der Waals surface area contributed by atoms with Crippen LogP contribution >= 0.6 is 24.8 Å². The van der Waals surface area contributed by atoms with Crippen molar-refractivity contribution in [2.45, 2.75) is 26.4 Å². The molecule has 1 aliphatic rings.